The molecule has 1 N–H and O–H groups in total. The van der Waals surface area contributed by atoms with Gasteiger partial charge in [-0.15, -0.1) is 0 Å². The van der Waals surface area contributed by atoms with E-state index in [9.17, 15) is 22.8 Å². The summed E-state index contributed by atoms with van der Waals surface area (Å²) in [4.78, 5) is 42.1. The zero-order chi connectivity index (χ0) is 23.3. The van der Waals surface area contributed by atoms with E-state index in [1.165, 1.54) is 12.4 Å². The molecule has 4 heterocycles. The number of aromatic nitrogens is 3. The number of amides is 2. The molecule has 2 atom stereocenters. The minimum absolute atomic E-state index is 0.0732. The molecule has 0 spiro atoms. The molecule has 12 heteroatoms. The van der Waals surface area contributed by atoms with E-state index in [0.29, 0.717) is 25.2 Å². The highest BCUT2D eigenvalue weighted by Gasteiger charge is 2.44. The van der Waals surface area contributed by atoms with Gasteiger partial charge in [-0.1, -0.05) is 6.07 Å². The Morgan fingerprint density at radius 2 is 1.88 bits per heavy atom. The molecule has 2 unspecified atom stereocenters. The standard InChI is InChI=1S/C18H19N5O2.C2HF3O2/c24-17(14-3-6-20-21-9-14)23-11-15-4-7-22(18(25)16(15)12-23)10-13-2-1-5-19-8-13;3-2(4,5)1(6)7/h1-3,5-6,8-9,15-16H,4,7,10-12H2;(H,6,7). The number of carbonyl (C=O) groups excluding carboxylic acids is 2. The van der Waals surface area contributed by atoms with Crippen LogP contribution in [-0.2, 0) is 16.1 Å². The number of hydrogen-bond donors (Lipinski definition) is 1. The summed E-state index contributed by atoms with van der Waals surface area (Å²) in [5, 5.41) is 14.6. The maximum Gasteiger partial charge on any atom is 0.490 e. The molecule has 2 saturated heterocycles. The number of fused-ring (bicyclic) bond motifs is 1. The minimum Gasteiger partial charge on any atom is -0.475 e. The molecule has 0 bridgehead atoms. The Morgan fingerprint density at radius 1 is 1.12 bits per heavy atom. The number of piperidine rings is 1. The Hall–Kier alpha value is -3.57. The van der Waals surface area contributed by atoms with Gasteiger partial charge >= 0.3 is 12.1 Å². The summed E-state index contributed by atoms with van der Waals surface area (Å²) >= 11 is 0. The van der Waals surface area contributed by atoms with E-state index in [1.54, 1.807) is 23.4 Å². The summed E-state index contributed by atoms with van der Waals surface area (Å²) in [7, 11) is 0. The number of carbonyl (C=O) groups is 3. The fourth-order valence-electron chi connectivity index (χ4n) is 3.74. The largest absolute Gasteiger partial charge is 0.490 e. The minimum atomic E-state index is -5.08. The number of carboxylic acids is 1. The van der Waals surface area contributed by atoms with Crippen molar-refractivity contribution in [3.05, 3.63) is 54.1 Å². The second kappa shape index (κ2) is 9.71. The van der Waals surface area contributed by atoms with Crippen LogP contribution >= 0.6 is 0 Å². The van der Waals surface area contributed by atoms with Crippen molar-refractivity contribution in [2.45, 2.75) is 19.1 Å². The fourth-order valence-corrected chi connectivity index (χ4v) is 3.74. The van der Waals surface area contributed by atoms with E-state index >= 15 is 0 Å². The predicted octanol–water partition coefficient (Wildman–Crippen LogP) is 1.63. The molecule has 0 aromatic carbocycles. The molecule has 0 aliphatic carbocycles. The van der Waals surface area contributed by atoms with Crippen LogP contribution in [0, 0.1) is 11.8 Å². The number of hydrogen-bond acceptors (Lipinski definition) is 6. The highest BCUT2D eigenvalue weighted by Crippen LogP contribution is 2.33. The van der Waals surface area contributed by atoms with Crippen LogP contribution in [-0.4, -0.2) is 73.7 Å². The summed E-state index contributed by atoms with van der Waals surface area (Å²) < 4.78 is 31.7. The van der Waals surface area contributed by atoms with Crippen LogP contribution in [0.5, 0.6) is 0 Å². The molecule has 2 aliphatic heterocycles. The third-order valence-corrected chi connectivity index (χ3v) is 5.30. The molecule has 2 aliphatic rings. The summed E-state index contributed by atoms with van der Waals surface area (Å²) in [5.74, 6) is -2.55. The second-order valence-corrected chi connectivity index (χ2v) is 7.42. The quantitative estimate of drug-likeness (QED) is 0.754. The van der Waals surface area contributed by atoms with Crippen LogP contribution in [0.2, 0.25) is 0 Å². The second-order valence-electron chi connectivity index (χ2n) is 7.42. The monoisotopic (exact) mass is 451 g/mol. The van der Waals surface area contributed by atoms with Gasteiger partial charge in [0.2, 0.25) is 5.91 Å². The first kappa shape index (κ1) is 23.1. The van der Waals surface area contributed by atoms with E-state index in [1.807, 2.05) is 17.0 Å². The van der Waals surface area contributed by atoms with Gasteiger partial charge in [0, 0.05) is 38.6 Å². The van der Waals surface area contributed by atoms with Crippen LogP contribution in [0.25, 0.3) is 0 Å². The number of nitrogens with zero attached hydrogens (tertiary/aromatic N) is 5. The van der Waals surface area contributed by atoms with E-state index in [0.717, 1.165) is 18.5 Å². The van der Waals surface area contributed by atoms with Crippen molar-refractivity contribution in [2.75, 3.05) is 19.6 Å². The Balaban J connectivity index is 0.000000360. The van der Waals surface area contributed by atoms with E-state index in [4.69, 9.17) is 9.90 Å². The topological polar surface area (TPSA) is 117 Å². The lowest BCUT2D eigenvalue weighted by Gasteiger charge is -2.33. The van der Waals surface area contributed by atoms with Crippen molar-refractivity contribution in [3.63, 3.8) is 0 Å². The molecule has 9 nitrogen and oxygen atoms in total. The lowest BCUT2D eigenvalue weighted by molar-refractivity contribution is -0.192. The first-order valence-electron chi connectivity index (χ1n) is 9.70. The van der Waals surface area contributed by atoms with Gasteiger partial charge < -0.3 is 14.9 Å². The molecular formula is C20H20F3N5O4. The van der Waals surface area contributed by atoms with Crippen molar-refractivity contribution in [2.24, 2.45) is 11.8 Å². The Morgan fingerprint density at radius 3 is 2.47 bits per heavy atom. The number of alkyl halides is 3. The predicted molar refractivity (Wildman–Crippen MR) is 103 cm³/mol. The Labute approximate surface area is 180 Å². The van der Waals surface area contributed by atoms with Crippen LogP contribution in [0.15, 0.2) is 43.0 Å². The molecule has 2 aromatic heterocycles. The Bertz CT molecular complexity index is 959. The maximum atomic E-state index is 12.9. The third kappa shape index (κ3) is 5.56. The zero-order valence-corrected chi connectivity index (χ0v) is 16.8. The number of likely N-dealkylation sites (tertiary alicyclic amines) is 2. The average Bonchev–Trinajstić information content (AvgIpc) is 3.21. The van der Waals surface area contributed by atoms with Gasteiger partial charge in [0.1, 0.15) is 0 Å². The molecule has 0 saturated carbocycles. The zero-order valence-electron chi connectivity index (χ0n) is 16.8. The molecule has 2 fully saturated rings. The van der Waals surface area contributed by atoms with Gasteiger partial charge in [0.25, 0.3) is 5.91 Å². The van der Waals surface area contributed by atoms with Gasteiger partial charge in [0.05, 0.1) is 23.9 Å². The number of aliphatic carboxylic acids is 1. The number of rotatable bonds is 3. The van der Waals surface area contributed by atoms with E-state index in [-0.39, 0.29) is 23.7 Å². The van der Waals surface area contributed by atoms with Crippen LogP contribution in [0.3, 0.4) is 0 Å². The van der Waals surface area contributed by atoms with Crippen molar-refractivity contribution >= 4 is 17.8 Å². The first-order valence-corrected chi connectivity index (χ1v) is 9.70. The first-order chi connectivity index (χ1) is 15.2. The Kier molecular flexibility index (Phi) is 7.01. The fraction of sp³-hybridized carbons (Fsp3) is 0.400. The van der Waals surface area contributed by atoms with E-state index in [2.05, 4.69) is 15.2 Å². The van der Waals surface area contributed by atoms with Gasteiger partial charge in [-0.25, -0.2) is 4.79 Å². The lowest BCUT2D eigenvalue weighted by atomic mass is 9.88. The summed E-state index contributed by atoms with van der Waals surface area (Å²) in [5.41, 5.74) is 1.55. The normalized spacial score (nSPS) is 20.3. The smallest absolute Gasteiger partial charge is 0.475 e. The van der Waals surface area contributed by atoms with Gasteiger partial charge in [0.15, 0.2) is 0 Å². The molecular weight excluding hydrogens is 431 g/mol. The summed E-state index contributed by atoms with van der Waals surface area (Å²) in [6, 6.07) is 5.52. The van der Waals surface area contributed by atoms with Crippen LogP contribution < -0.4 is 0 Å². The molecule has 4 rings (SSSR count). The molecule has 170 valence electrons. The molecule has 32 heavy (non-hydrogen) atoms. The third-order valence-electron chi connectivity index (χ3n) is 5.30. The highest BCUT2D eigenvalue weighted by molar-refractivity contribution is 5.94. The van der Waals surface area contributed by atoms with Crippen molar-refractivity contribution in [3.8, 4) is 0 Å². The molecule has 2 amide bonds. The maximum absolute atomic E-state index is 12.9. The lowest BCUT2D eigenvalue weighted by Crippen LogP contribution is -2.44. The average molecular weight is 451 g/mol. The van der Waals surface area contributed by atoms with Gasteiger partial charge in [-0.3, -0.25) is 14.6 Å². The summed E-state index contributed by atoms with van der Waals surface area (Å²) in [6.45, 7) is 2.43. The number of halogens is 3. The van der Waals surface area contributed by atoms with Crippen molar-refractivity contribution < 1.29 is 32.7 Å². The van der Waals surface area contributed by atoms with E-state index < -0.39 is 12.1 Å². The number of carboxylic acid groups (broad SMARTS) is 1. The SMILES string of the molecule is O=C(O)C(F)(F)F.O=C(c1ccnnc1)N1CC2CCN(Cc3cccnc3)C(=O)C2C1. The molecule has 0 radical (unpaired) electrons. The molecule has 2 aromatic rings. The van der Waals surface area contributed by atoms with Gasteiger partial charge in [-0.2, -0.15) is 23.4 Å². The van der Waals surface area contributed by atoms with Crippen LogP contribution in [0.1, 0.15) is 22.3 Å². The van der Waals surface area contributed by atoms with Gasteiger partial charge in [-0.05, 0) is 30.0 Å². The number of pyridine rings is 1. The van der Waals surface area contributed by atoms with Crippen LogP contribution in [0.4, 0.5) is 13.2 Å². The van der Waals surface area contributed by atoms with Crippen molar-refractivity contribution in [1.29, 1.82) is 0 Å². The highest BCUT2D eigenvalue weighted by atomic mass is 19.4. The summed E-state index contributed by atoms with van der Waals surface area (Å²) in [6.07, 6.45) is 2.35. The van der Waals surface area contributed by atoms with Crippen molar-refractivity contribution in [1.82, 2.24) is 25.0 Å².